The molecule has 0 nitrogen and oxygen atoms in total. The lowest BCUT2D eigenvalue weighted by Gasteiger charge is -2.41. The van der Waals surface area contributed by atoms with Gasteiger partial charge in [-0.15, -0.1) is 0 Å². The fourth-order valence-electron chi connectivity index (χ4n) is 11.9. The Morgan fingerprint density at radius 1 is 0.125 bits per heavy atom. The van der Waals surface area contributed by atoms with Crippen molar-refractivity contribution in [3.63, 3.8) is 0 Å². The van der Waals surface area contributed by atoms with Crippen LogP contribution in [-0.2, 0) is 0 Å². The molecule has 0 aliphatic heterocycles. The molecule has 0 N–H and O–H groups in total. The van der Waals surface area contributed by atoms with Crippen LogP contribution in [0.3, 0.4) is 0 Å². The lowest BCUT2D eigenvalue weighted by Crippen LogP contribution is -2.41. The minimum Gasteiger partial charge on any atom is -0.0656 e. The highest BCUT2D eigenvalue weighted by Gasteiger charge is 2.47. The van der Waals surface area contributed by atoms with E-state index in [1.807, 2.05) is 0 Å². The quantitative estimate of drug-likeness (QED) is 0.151. The molecular weight excluding hydrogens is 1120 g/mol. The van der Waals surface area contributed by atoms with Crippen LogP contribution >= 0.6 is 0 Å². The van der Waals surface area contributed by atoms with Crippen LogP contribution in [0.4, 0.5) is 0 Å². The zero-order valence-electron chi connectivity index (χ0n) is 55.0. The van der Waals surface area contributed by atoms with Crippen molar-refractivity contribution in [2.45, 2.75) is 196 Å². The van der Waals surface area contributed by atoms with Gasteiger partial charge in [0.1, 0.15) is 0 Å². The number of hydrogen-bond donors (Lipinski definition) is 0. The largest absolute Gasteiger partial charge is 0.0792 e. The Labute approximate surface area is 495 Å². The summed E-state index contributed by atoms with van der Waals surface area (Å²) in [6.45, 7) is 73.1. The highest BCUT2D eigenvalue weighted by atomic mass is 28.3. The van der Waals surface area contributed by atoms with Gasteiger partial charge in [-0.25, -0.2) is 0 Å². The predicted octanol–water partition coefficient (Wildman–Crippen LogP) is 19.9. The van der Waals surface area contributed by atoms with Gasteiger partial charge in [0.25, 0.3) is 0 Å². The number of fused-ring (bicyclic) bond motifs is 5. The second-order valence-electron chi connectivity index (χ2n) is 32.5. The van der Waals surface area contributed by atoms with Crippen molar-refractivity contribution in [2.75, 3.05) is 0 Å². The summed E-state index contributed by atoms with van der Waals surface area (Å²) >= 11 is 0. The van der Waals surface area contributed by atoms with Crippen LogP contribution in [0, 0.1) is 0 Å². The maximum Gasteiger partial charge on any atom is 0.0792 e. The first-order valence-electron chi connectivity index (χ1n) is 28.8. The third kappa shape index (κ3) is 13.2. The highest BCUT2D eigenvalue weighted by Crippen LogP contribution is 2.52. The number of hydrogen-bond acceptors (Lipinski definition) is 0. The zero-order valence-corrected chi connectivity index (χ0v) is 65.0. The Morgan fingerprint density at radius 3 is 0.237 bits per heavy atom. The minimum absolute atomic E-state index is 1.07. The topological polar surface area (TPSA) is 0 Å². The molecule has 0 unspecified atom stereocenters. The normalized spacial score (nSPS) is 18.1. The van der Waals surface area contributed by atoms with E-state index in [2.05, 4.69) is 311 Å². The van der Waals surface area contributed by atoms with E-state index in [1.54, 1.807) is 0 Å². The number of allylic oxidation sites excluding steroid dienone is 20. The SMILES string of the molecule is C[Si](C)(C)C1=C([Si](C)(C)C)C2=C=C=C=C=C3C(=C=C=C=C=C4C(=C=C=C=C=C5C(=C=C=C=C=C6C(=C=C=C=C=C21)C([Si](C)(C)C)=C6[Si](C)(C)C)C([Si](C)(C)C)=C5[Si](C)(C)C)C([Si](C)(C)C)=C4[Si](C)(C)C)C([Si](C)(C)C)=C3[Si](C)(C)C. The van der Waals surface area contributed by atoms with Gasteiger partial charge >= 0.3 is 0 Å². The lowest BCUT2D eigenvalue weighted by molar-refractivity contribution is 1.31. The molecule has 0 aromatic carbocycles. The molecule has 0 spiro atoms. The summed E-state index contributed by atoms with van der Waals surface area (Å²) in [5.41, 5.74) is 80.9. The van der Waals surface area contributed by atoms with Gasteiger partial charge in [0.2, 0.25) is 0 Å². The summed E-state index contributed by atoms with van der Waals surface area (Å²) in [5.74, 6) is 0. The standard InChI is InChI=1S/C70H90Si10/c1-71(2,3)61-51-41-31-32-43-53-55(65(75(13,14)15)63(53)73(7,8)9)45-35-36-47-57-59(69(79(25,26)27)67(57)77(19,20)21)49-39-40-50-60-58(68(78(22,23)24)70(60)80(28,29)30)48-38-37-46-56-54(64(74(10,11)12)66(56)76(16,17)18)44-34-33-42-52(51)62(61)72(4,5)6/h1-30H3. The van der Waals surface area contributed by atoms with Gasteiger partial charge in [-0.3, -0.25) is 0 Å². The van der Waals surface area contributed by atoms with E-state index in [-0.39, 0.29) is 0 Å². The molecule has 0 saturated heterocycles. The van der Waals surface area contributed by atoms with Crippen molar-refractivity contribution in [1.29, 1.82) is 0 Å². The summed E-state index contributed by atoms with van der Waals surface area (Å²) in [7, 11) is -18.3. The van der Waals surface area contributed by atoms with E-state index in [0.717, 1.165) is 55.7 Å². The summed E-state index contributed by atoms with van der Waals surface area (Å²) < 4.78 is 0. The van der Waals surface area contributed by atoms with E-state index >= 15 is 0 Å². The van der Waals surface area contributed by atoms with Crippen LogP contribution in [-0.4, -0.2) is 80.7 Å². The smallest absolute Gasteiger partial charge is 0.0656 e. The fourth-order valence-corrected chi connectivity index (χ4v) is 41.2. The Balaban J connectivity index is 2.00. The molecule has 6 rings (SSSR count). The van der Waals surface area contributed by atoms with Gasteiger partial charge in [0.15, 0.2) is 0 Å². The second-order valence-corrected chi connectivity index (χ2v) is 82.5. The zero-order chi connectivity index (χ0) is 60.7. The van der Waals surface area contributed by atoms with Crippen LogP contribution in [0.25, 0.3) is 0 Å². The van der Waals surface area contributed by atoms with Gasteiger partial charge in [-0.2, -0.15) is 0 Å². The highest BCUT2D eigenvalue weighted by molar-refractivity contribution is 6.95. The average molecular weight is 1210 g/mol. The Morgan fingerprint density at radius 2 is 0.188 bits per heavy atom. The third-order valence-electron chi connectivity index (χ3n) is 14.7. The molecule has 0 aromatic heterocycles. The van der Waals surface area contributed by atoms with E-state index in [4.69, 9.17) is 0 Å². The molecule has 0 amide bonds. The molecule has 10 heteroatoms. The molecule has 0 saturated carbocycles. The maximum atomic E-state index is 3.63. The summed E-state index contributed by atoms with van der Waals surface area (Å²) in [6.07, 6.45) is 0. The van der Waals surface area contributed by atoms with Crippen molar-refractivity contribution in [3.05, 3.63) is 222 Å². The van der Waals surface area contributed by atoms with Crippen molar-refractivity contribution in [2.24, 2.45) is 0 Å². The first kappa shape index (κ1) is 64.3. The third-order valence-corrected chi connectivity index (χ3v) is 35.9. The Kier molecular flexibility index (Phi) is 17.5. The summed E-state index contributed by atoms with van der Waals surface area (Å²) in [5, 5.41) is 14.5. The average Bonchev–Trinajstić information content (AvgIpc) is 3.18. The van der Waals surface area contributed by atoms with Crippen molar-refractivity contribution in [3.8, 4) is 0 Å². The molecule has 0 bridgehead atoms. The molecule has 6 aliphatic carbocycles. The van der Waals surface area contributed by atoms with Crippen molar-refractivity contribution >= 4 is 80.7 Å². The molecule has 0 heterocycles. The lowest BCUT2D eigenvalue weighted by atomic mass is 9.95. The fraction of sp³-hybridized carbons (Fsp3) is 0.429. The van der Waals surface area contributed by atoms with Crippen molar-refractivity contribution < 1.29 is 0 Å². The molecule has 6 aliphatic rings. The molecule has 80 heavy (non-hydrogen) atoms. The molecule has 0 radical (unpaired) electrons. The van der Waals surface area contributed by atoms with Gasteiger partial charge in [0.05, 0.1) is 80.7 Å². The molecule has 0 fully saturated rings. The summed E-state index contributed by atoms with van der Waals surface area (Å²) in [4.78, 5) is 0. The first-order valence-corrected chi connectivity index (χ1v) is 63.8. The van der Waals surface area contributed by atoms with E-state index in [1.165, 1.54) is 52.0 Å². The molecule has 0 atom stereocenters. The number of rotatable bonds is 10. The van der Waals surface area contributed by atoms with E-state index < -0.39 is 80.7 Å². The van der Waals surface area contributed by atoms with Gasteiger partial charge in [0, 0.05) is 55.7 Å². The molecule has 410 valence electrons. The molecule has 0 aromatic rings. The Hall–Kier alpha value is -4.83. The predicted molar refractivity (Wildman–Crippen MR) is 374 cm³/mol. The van der Waals surface area contributed by atoms with Gasteiger partial charge < -0.3 is 0 Å². The van der Waals surface area contributed by atoms with Crippen LogP contribution in [0.1, 0.15) is 0 Å². The van der Waals surface area contributed by atoms with Crippen LogP contribution in [0.2, 0.25) is 196 Å². The van der Waals surface area contributed by atoms with Crippen LogP contribution in [0.15, 0.2) is 222 Å². The first-order chi connectivity index (χ1) is 36.1. The van der Waals surface area contributed by atoms with Crippen LogP contribution < -0.4 is 0 Å². The minimum atomic E-state index is -1.83. The van der Waals surface area contributed by atoms with Crippen molar-refractivity contribution in [1.82, 2.24) is 0 Å². The van der Waals surface area contributed by atoms with E-state index in [9.17, 15) is 0 Å². The monoisotopic (exact) mass is 1210 g/mol. The van der Waals surface area contributed by atoms with Gasteiger partial charge in [-0.1, -0.05) is 254 Å². The van der Waals surface area contributed by atoms with Gasteiger partial charge in [-0.05, 0) is 109 Å². The maximum absolute atomic E-state index is 3.63. The summed E-state index contributed by atoms with van der Waals surface area (Å²) in [6, 6.07) is 0. The van der Waals surface area contributed by atoms with E-state index in [0.29, 0.717) is 0 Å². The van der Waals surface area contributed by atoms with Crippen LogP contribution in [0.5, 0.6) is 0 Å². The Bertz CT molecular complexity index is 3180. The second kappa shape index (κ2) is 21.7. The molecular formula is C70H90Si10.